The van der Waals surface area contributed by atoms with Crippen molar-refractivity contribution in [3.63, 3.8) is 0 Å². The Morgan fingerprint density at radius 1 is 0.897 bits per heavy atom. The number of H-pyrrole nitrogens is 1. The summed E-state index contributed by atoms with van der Waals surface area (Å²) in [5.74, 6) is -3.49. The Hall–Kier alpha value is -4.42. The minimum atomic E-state index is -1.45. The molecule has 0 aliphatic heterocycles. The molecule has 2 aromatic carbocycles. The minimum Gasteiger partial charge on any atom is -0.508 e. The first-order chi connectivity index (χ1) is 18.5. The highest BCUT2D eigenvalue weighted by atomic mass is 16.4. The summed E-state index contributed by atoms with van der Waals surface area (Å²) in [6.45, 7) is 2.59. The topological polar surface area (TPSA) is 207 Å². The minimum absolute atomic E-state index is 0.00870. The number of para-hydroxylation sites is 1. The van der Waals surface area contributed by atoms with E-state index in [9.17, 15) is 34.5 Å². The number of benzene rings is 2. The zero-order valence-electron chi connectivity index (χ0n) is 21.5. The van der Waals surface area contributed by atoms with Crippen LogP contribution in [0.5, 0.6) is 5.75 Å². The number of aliphatic hydroxyl groups excluding tert-OH is 1. The van der Waals surface area contributed by atoms with Crippen molar-refractivity contribution in [3.05, 3.63) is 65.9 Å². The van der Waals surface area contributed by atoms with Gasteiger partial charge >= 0.3 is 5.97 Å². The standard InChI is InChI=1S/C27H33N5O7/c1-14(27(38)39)30-25(36)22(12-17-13-29-21-6-4-3-5-19(17)21)31-26(37)23(15(2)33)32-24(35)20(28)11-16-7-9-18(34)10-8-16/h3-10,13-15,20,22-23,29,33-34H,11-12,28H2,1-2H3,(H,30,36)(H,31,37)(H,32,35)(H,38,39). The Labute approximate surface area is 224 Å². The molecule has 0 saturated heterocycles. The summed E-state index contributed by atoms with van der Waals surface area (Å²) in [7, 11) is 0. The number of fused-ring (bicyclic) bond motifs is 1. The van der Waals surface area contributed by atoms with Crippen LogP contribution in [0.1, 0.15) is 25.0 Å². The van der Waals surface area contributed by atoms with Crippen molar-refractivity contribution >= 4 is 34.6 Å². The van der Waals surface area contributed by atoms with E-state index in [0.29, 0.717) is 11.1 Å². The predicted octanol–water partition coefficient (Wildman–Crippen LogP) is -0.0743. The molecule has 0 saturated carbocycles. The van der Waals surface area contributed by atoms with E-state index >= 15 is 0 Å². The fraction of sp³-hybridized carbons (Fsp3) is 0.333. The predicted molar refractivity (Wildman–Crippen MR) is 143 cm³/mol. The number of amides is 3. The lowest BCUT2D eigenvalue weighted by molar-refractivity contribution is -0.142. The number of aliphatic carboxylic acids is 1. The lowest BCUT2D eigenvalue weighted by Crippen LogP contribution is -2.60. The van der Waals surface area contributed by atoms with E-state index in [4.69, 9.17) is 5.73 Å². The van der Waals surface area contributed by atoms with Crippen LogP contribution in [-0.4, -0.2) is 74.3 Å². The number of phenolic OH excluding ortho intramolecular Hbond substituents is 1. The van der Waals surface area contributed by atoms with Gasteiger partial charge < -0.3 is 42.0 Å². The molecular weight excluding hydrogens is 506 g/mol. The third-order valence-electron chi connectivity index (χ3n) is 6.25. The normalized spacial score (nSPS) is 15.0. The maximum atomic E-state index is 13.2. The van der Waals surface area contributed by atoms with E-state index in [2.05, 4.69) is 20.9 Å². The maximum absolute atomic E-state index is 13.2. The number of aliphatic hydroxyl groups is 1. The van der Waals surface area contributed by atoms with Crippen LogP contribution < -0.4 is 21.7 Å². The van der Waals surface area contributed by atoms with Crippen LogP contribution in [0.25, 0.3) is 10.9 Å². The summed E-state index contributed by atoms with van der Waals surface area (Å²) < 4.78 is 0. The van der Waals surface area contributed by atoms with E-state index in [1.54, 1.807) is 18.3 Å². The van der Waals surface area contributed by atoms with Crippen LogP contribution in [0.3, 0.4) is 0 Å². The quantitative estimate of drug-likeness (QED) is 0.156. The number of aromatic nitrogens is 1. The first-order valence-electron chi connectivity index (χ1n) is 12.4. The fourth-order valence-electron chi connectivity index (χ4n) is 4.01. The second-order valence-corrected chi connectivity index (χ2v) is 9.40. The third kappa shape index (κ3) is 7.79. The van der Waals surface area contributed by atoms with Gasteiger partial charge in [0, 0.05) is 23.5 Å². The van der Waals surface area contributed by atoms with E-state index in [0.717, 1.165) is 10.9 Å². The summed E-state index contributed by atoms with van der Waals surface area (Å²) in [6, 6.07) is 8.51. The first-order valence-corrected chi connectivity index (χ1v) is 12.4. The molecule has 208 valence electrons. The van der Waals surface area contributed by atoms with Crippen LogP contribution in [0.15, 0.2) is 54.7 Å². The number of rotatable bonds is 12. The Bertz CT molecular complexity index is 1320. The number of hydrogen-bond donors (Lipinski definition) is 8. The van der Waals surface area contributed by atoms with Gasteiger partial charge in [-0.1, -0.05) is 30.3 Å². The molecule has 5 atom stereocenters. The number of nitrogens with two attached hydrogens (primary N) is 1. The Morgan fingerprint density at radius 3 is 2.21 bits per heavy atom. The molecule has 0 fully saturated rings. The Balaban J connectivity index is 1.76. The summed E-state index contributed by atoms with van der Waals surface area (Å²) in [4.78, 5) is 53.4. The van der Waals surface area contributed by atoms with Crippen molar-refractivity contribution in [2.45, 2.75) is 57.0 Å². The van der Waals surface area contributed by atoms with Crippen LogP contribution in [0, 0.1) is 0 Å². The van der Waals surface area contributed by atoms with E-state index in [-0.39, 0.29) is 18.6 Å². The van der Waals surface area contributed by atoms with Gasteiger partial charge in [0.1, 0.15) is 23.9 Å². The van der Waals surface area contributed by atoms with Crippen molar-refractivity contribution in [2.75, 3.05) is 0 Å². The molecule has 5 unspecified atom stereocenters. The molecule has 39 heavy (non-hydrogen) atoms. The molecule has 12 heteroatoms. The van der Waals surface area contributed by atoms with Crippen LogP contribution >= 0.6 is 0 Å². The van der Waals surface area contributed by atoms with Gasteiger partial charge in [-0.3, -0.25) is 19.2 Å². The van der Waals surface area contributed by atoms with Gasteiger partial charge in [-0.05, 0) is 49.6 Å². The van der Waals surface area contributed by atoms with Crippen molar-refractivity contribution in [1.29, 1.82) is 0 Å². The van der Waals surface area contributed by atoms with Gasteiger partial charge in [-0.2, -0.15) is 0 Å². The second kappa shape index (κ2) is 12.9. The lowest BCUT2D eigenvalue weighted by atomic mass is 10.0. The highest BCUT2D eigenvalue weighted by molar-refractivity contribution is 5.95. The van der Waals surface area contributed by atoms with Crippen molar-refractivity contribution in [3.8, 4) is 5.75 Å². The number of aromatic amines is 1. The summed E-state index contributed by atoms with van der Waals surface area (Å²) in [5, 5.41) is 37.0. The van der Waals surface area contributed by atoms with Crippen LogP contribution in [-0.2, 0) is 32.0 Å². The molecule has 1 aromatic heterocycles. The zero-order chi connectivity index (χ0) is 28.7. The molecule has 1 heterocycles. The number of aromatic hydroxyl groups is 1. The zero-order valence-corrected chi connectivity index (χ0v) is 21.5. The van der Waals surface area contributed by atoms with Gasteiger partial charge in [0.25, 0.3) is 0 Å². The molecule has 0 spiro atoms. The molecule has 3 rings (SSSR count). The maximum Gasteiger partial charge on any atom is 0.325 e. The first kappa shape index (κ1) is 29.1. The molecule has 3 aromatic rings. The van der Waals surface area contributed by atoms with Gasteiger partial charge in [0.2, 0.25) is 17.7 Å². The Kier molecular flexibility index (Phi) is 9.63. The summed E-state index contributed by atoms with van der Waals surface area (Å²) in [6.07, 6.45) is 0.464. The summed E-state index contributed by atoms with van der Waals surface area (Å²) in [5.41, 5.74) is 8.19. The van der Waals surface area contributed by atoms with Crippen molar-refractivity contribution in [1.82, 2.24) is 20.9 Å². The lowest BCUT2D eigenvalue weighted by Gasteiger charge is -2.26. The third-order valence-corrected chi connectivity index (χ3v) is 6.25. The van der Waals surface area contributed by atoms with Gasteiger partial charge in [0.05, 0.1) is 12.1 Å². The smallest absolute Gasteiger partial charge is 0.325 e. The number of carbonyl (C=O) groups is 4. The van der Waals surface area contributed by atoms with Gasteiger partial charge in [-0.15, -0.1) is 0 Å². The van der Waals surface area contributed by atoms with E-state index in [1.807, 2.05) is 24.3 Å². The number of carboxylic acid groups (broad SMARTS) is 1. The van der Waals surface area contributed by atoms with Gasteiger partial charge in [-0.25, -0.2) is 0 Å². The molecular formula is C27H33N5O7. The van der Waals surface area contributed by atoms with Crippen molar-refractivity contribution < 1.29 is 34.5 Å². The molecule has 0 radical (unpaired) electrons. The van der Waals surface area contributed by atoms with Crippen LogP contribution in [0.2, 0.25) is 0 Å². The highest BCUT2D eigenvalue weighted by Gasteiger charge is 2.32. The highest BCUT2D eigenvalue weighted by Crippen LogP contribution is 2.19. The monoisotopic (exact) mass is 539 g/mol. The number of phenols is 1. The van der Waals surface area contributed by atoms with Gasteiger partial charge in [0.15, 0.2) is 0 Å². The number of carboxylic acids is 1. The SMILES string of the molecule is CC(NC(=O)C(Cc1c[nH]c2ccccc12)NC(=O)C(NC(=O)C(N)Cc1ccc(O)cc1)C(C)O)C(=O)O. The summed E-state index contributed by atoms with van der Waals surface area (Å²) >= 11 is 0. The molecule has 12 nitrogen and oxygen atoms in total. The average molecular weight is 540 g/mol. The molecule has 9 N–H and O–H groups in total. The fourth-order valence-corrected chi connectivity index (χ4v) is 4.01. The van der Waals surface area contributed by atoms with Crippen LogP contribution in [0.4, 0.5) is 0 Å². The molecule has 0 aliphatic carbocycles. The molecule has 0 bridgehead atoms. The molecule has 3 amide bonds. The largest absolute Gasteiger partial charge is 0.508 e. The number of carbonyl (C=O) groups excluding carboxylic acids is 3. The molecule has 0 aliphatic rings. The van der Waals surface area contributed by atoms with E-state index < -0.39 is 54.0 Å². The second-order valence-electron chi connectivity index (χ2n) is 9.40. The van der Waals surface area contributed by atoms with E-state index in [1.165, 1.54) is 26.0 Å². The Morgan fingerprint density at radius 2 is 1.56 bits per heavy atom. The average Bonchev–Trinajstić information content (AvgIpc) is 3.30. The number of nitrogens with one attached hydrogen (secondary N) is 4. The van der Waals surface area contributed by atoms with Crippen molar-refractivity contribution in [2.24, 2.45) is 5.73 Å². The number of hydrogen-bond acceptors (Lipinski definition) is 7.